The molecule has 1 unspecified atom stereocenters. The Labute approximate surface area is 235 Å². The lowest BCUT2D eigenvalue weighted by atomic mass is 10.0. The smallest absolute Gasteiger partial charge is 0.335 e. The van der Waals surface area contributed by atoms with E-state index in [1.807, 2.05) is 0 Å². The van der Waals surface area contributed by atoms with Crippen LogP contribution in [-0.2, 0) is 11.4 Å². The van der Waals surface area contributed by atoms with Gasteiger partial charge < -0.3 is 19.9 Å². The van der Waals surface area contributed by atoms with E-state index in [0.717, 1.165) is 5.56 Å². The summed E-state index contributed by atoms with van der Waals surface area (Å²) < 4.78 is 11.2. The second-order valence-electron chi connectivity index (χ2n) is 8.76. The maximum Gasteiger partial charge on any atom is 0.335 e. The number of ether oxygens (including phenoxy) is 2. The second-order valence-corrected chi connectivity index (χ2v) is 9.61. The normalized spacial score (nSPS) is 11.7. The lowest BCUT2D eigenvalue weighted by molar-refractivity contribution is -0.123. The third-order valence-corrected chi connectivity index (χ3v) is 6.06. The number of nitrogens with one attached hydrogen (secondary N) is 2. The Kier molecular flexibility index (Phi) is 10.3. The van der Waals surface area contributed by atoms with Crippen molar-refractivity contribution >= 4 is 47.2 Å². The Hall–Kier alpha value is -4.08. The number of carboxylic acids is 1. The number of rotatable bonds is 11. The van der Waals surface area contributed by atoms with E-state index in [9.17, 15) is 14.4 Å². The third-order valence-electron chi connectivity index (χ3n) is 5.55. The van der Waals surface area contributed by atoms with Crippen molar-refractivity contribution in [2.75, 3.05) is 7.11 Å². The summed E-state index contributed by atoms with van der Waals surface area (Å²) in [5.41, 5.74) is 4.23. The van der Waals surface area contributed by atoms with Crippen LogP contribution in [0.25, 0.3) is 0 Å². The van der Waals surface area contributed by atoms with E-state index in [2.05, 4.69) is 15.8 Å². The quantitative estimate of drug-likeness (QED) is 0.215. The molecule has 0 radical (unpaired) electrons. The minimum Gasteiger partial charge on any atom is -0.493 e. The Morgan fingerprint density at radius 1 is 1.03 bits per heavy atom. The fourth-order valence-electron chi connectivity index (χ4n) is 3.48. The first-order valence-corrected chi connectivity index (χ1v) is 12.6. The number of hydrazone groups is 1. The summed E-state index contributed by atoms with van der Waals surface area (Å²) in [6, 6.07) is 15.1. The third kappa shape index (κ3) is 8.20. The zero-order chi connectivity index (χ0) is 28.5. The first kappa shape index (κ1) is 29.5. The molecule has 0 heterocycles. The molecule has 0 aliphatic rings. The Bertz CT molecular complexity index is 1380. The van der Waals surface area contributed by atoms with Gasteiger partial charge in [-0.15, -0.1) is 0 Å². The van der Waals surface area contributed by atoms with Gasteiger partial charge in [-0.05, 0) is 59.5 Å². The van der Waals surface area contributed by atoms with Gasteiger partial charge in [-0.3, -0.25) is 9.59 Å². The van der Waals surface area contributed by atoms with Crippen LogP contribution in [-0.4, -0.2) is 42.3 Å². The average Bonchev–Trinajstić information content (AvgIpc) is 2.90. The van der Waals surface area contributed by atoms with Crippen molar-refractivity contribution in [3.8, 4) is 11.5 Å². The number of hydrogen-bond donors (Lipinski definition) is 3. The van der Waals surface area contributed by atoms with Crippen LogP contribution in [0.1, 0.15) is 45.7 Å². The Balaban J connectivity index is 1.65. The van der Waals surface area contributed by atoms with Crippen molar-refractivity contribution in [2.24, 2.45) is 11.0 Å². The lowest BCUT2D eigenvalue weighted by Crippen LogP contribution is -2.48. The van der Waals surface area contributed by atoms with Gasteiger partial charge in [-0.25, -0.2) is 10.2 Å². The van der Waals surface area contributed by atoms with Crippen molar-refractivity contribution in [2.45, 2.75) is 26.5 Å². The zero-order valence-electron chi connectivity index (χ0n) is 21.4. The van der Waals surface area contributed by atoms with Crippen LogP contribution in [0.4, 0.5) is 0 Å². The number of nitrogens with zero attached hydrogens (tertiary/aromatic N) is 1. The Morgan fingerprint density at radius 3 is 2.36 bits per heavy atom. The number of carbonyl (C=O) groups excluding carboxylic acids is 2. The highest BCUT2D eigenvalue weighted by atomic mass is 35.5. The first-order valence-electron chi connectivity index (χ1n) is 11.8. The molecule has 0 saturated heterocycles. The highest BCUT2D eigenvalue weighted by molar-refractivity contribution is 6.32. The number of hydrogen-bond acceptors (Lipinski definition) is 6. The van der Waals surface area contributed by atoms with Gasteiger partial charge in [0.25, 0.3) is 11.8 Å². The van der Waals surface area contributed by atoms with Gasteiger partial charge in [-0.2, -0.15) is 5.10 Å². The van der Waals surface area contributed by atoms with Crippen LogP contribution in [0.2, 0.25) is 10.0 Å². The largest absolute Gasteiger partial charge is 0.493 e. The molecular formula is C28H27Cl2N3O6. The molecule has 3 N–H and O–H groups in total. The number of halogens is 2. The second kappa shape index (κ2) is 13.6. The molecular weight excluding hydrogens is 545 g/mol. The Morgan fingerprint density at radius 2 is 1.74 bits per heavy atom. The van der Waals surface area contributed by atoms with Gasteiger partial charge in [0.2, 0.25) is 0 Å². The lowest BCUT2D eigenvalue weighted by Gasteiger charge is -2.20. The van der Waals surface area contributed by atoms with E-state index in [4.69, 9.17) is 37.8 Å². The van der Waals surface area contributed by atoms with Gasteiger partial charge >= 0.3 is 5.97 Å². The van der Waals surface area contributed by atoms with Gasteiger partial charge in [0.1, 0.15) is 12.6 Å². The molecule has 39 heavy (non-hydrogen) atoms. The summed E-state index contributed by atoms with van der Waals surface area (Å²) in [6.07, 6.45) is 1.39. The molecule has 3 rings (SSSR count). The fraction of sp³-hybridized carbons (Fsp3) is 0.214. The molecule has 3 aromatic rings. The van der Waals surface area contributed by atoms with Crippen LogP contribution < -0.4 is 20.2 Å². The van der Waals surface area contributed by atoms with E-state index in [1.165, 1.54) is 31.5 Å². The average molecular weight is 572 g/mol. The van der Waals surface area contributed by atoms with Gasteiger partial charge in [0, 0.05) is 10.6 Å². The molecule has 9 nitrogen and oxygen atoms in total. The first-order chi connectivity index (χ1) is 18.6. The molecule has 0 spiro atoms. The van der Waals surface area contributed by atoms with Crippen molar-refractivity contribution < 1.29 is 29.0 Å². The number of aromatic carboxylic acids is 1. The van der Waals surface area contributed by atoms with Crippen molar-refractivity contribution in [3.05, 3.63) is 93.0 Å². The summed E-state index contributed by atoms with van der Waals surface area (Å²) in [6.45, 7) is 3.74. The maximum atomic E-state index is 12.8. The standard InChI is InChI=1S/C28H27Cl2N3O6/c1-16(2)24(32-26(34)20-5-4-6-21(29)13-20)27(35)33-31-14-18-11-22(30)25(23(12-18)38-3)39-15-17-7-9-19(10-8-17)28(36)37/h4-14,16,24H,15H2,1-3H3,(H,32,34)(H,33,35)(H,36,37)/b31-14-. The van der Waals surface area contributed by atoms with Crippen LogP contribution in [0.15, 0.2) is 65.8 Å². The van der Waals surface area contributed by atoms with Crippen molar-refractivity contribution in [1.82, 2.24) is 10.7 Å². The molecule has 11 heteroatoms. The van der Waals surface area contributed by atoms with E-state index < -0.39 is 23.8 Å². The summed E-state index contributed by atoms with van der Waals surface area (Å²) in [7, 11) is 1.46. The molecule has 0 fully saturated rings. The predicted octanol–water partition coefficient (Wildman–Crippen LogP) is 5.18. The number of benzene rings is 3. The highest BCUT2D eigenvalue weighted by Gasteiger charge is 2.24. The van der Waals surface area contributed by atoms with Crippen molar-refractivity contribution in [1.29, 1.82) is 0 Å². The van der Waals surface area contributed by atoms with Crippen molar-refractivity contribution in [3.63, 3.8) is 0 Å². The summed E-state index contributed by atoms with van der Waals surface area (Å²) in [5.74, 6) is -1.52. The fourth-order valence-corrected chi connectivity index (χ4v) is 3.95. The van der Waals surface area contributed by atoms with E-state index in [0.29, 0.717) is 27.6 Å². The van der Waals surface area contributed by atoms with Crippen LogP contribution in [0.3, 0.4) is 0 Å². The van der Waals surface area contributed by atoms with Gasteiger partial charge in [0.05, 0.1) is 23.9 Å². The SMILES string of the molecule is COc1cc(/C=N\NC(=O)C(NC(=O)c2cccc(Cl)c2)C(C)C)cc(Cl)c1OCc1ccc(C(=O)O)cc1. The number of carboxylic acid groups (broad SMARTS) is 1. The molecule has 0 saturated carbocycles. The van der Waals surface area contributed by atoms with Crippen LogP contribution in [0.5, 0.6) is 11.5 Å². The molecule has 0 aromatic heterocycles. The minimum atomic E-state index is -1.01. The highest BCUT2D eigenvalue weighted by Crippen LogP contribution is 2.36. The summed E-state index contributed by atoms with van der Waals surface area (Å²) in [5, 5.41) is 16.4. The monoisotopic (exact) mass is 571 g/mol. The number of amides is 2. The number of methoxy groups -OCH3 is 1. The molecule has 1 atom stereocenters. The molecule has 0 bridgehead atoms. The van der Waals surface area contributed by atoms with Crippen LogP contribution in [0, 0.1) is 5.92 Å². The van der Waals surface area contributed by atoms with E-state index in [-0.39, 0.29) is 23.1 Å². The minimum absolute atomic E-state index is 0.136. The van der Waals surface area contributed by atoms with Gasteiger partial charge in [0.15, 0.2) is 11.5 Å². The zero-order valence-corrected chi connectivity index (χ0v) is 22.9. The van der Waals surface area contributed by atoms with E-state index >= 15 is 0 Å². The van der Waals surface area contributed by atoms with E-state index in [1.54, 1.807) is 56.3 Å². The molecule has 0 aliphatic heterocycles. The summed E-state index contributed by atoms with van der Waals surface area (Å²) >= 11 is 12.4. The topological polar surface area (TPSA) is 126 Å². The number of carbonyl (C=O) groups is 3. The molecule has 2 amide bonds. The molecule has 204 valence electrons. The summed E-state index contributed by atoms with van der Waals surface area (Å²) in [4.78, 5) is 36.4. The molecule has 3 aromatic carbocycles. The van der Waals surface area contributed by atoms with Gasteiger partial charge in [-0.1, -0.05) is 55.2 Å². The molecule has 0 aliphatic carbocycles. The predicted molar refractivity (Wildman–Crippen MR) is 149 cm³/mol. The maximum absolute atomic E-state index is 12.8. The van der Waals surface area contributed by atoms with Crippen LogP contribution >= 0.6 is 23.2 Å².